The molecule has 2 aliphatic rings. The van der Waals surface area contributed by atoms with Gasteiger partial charge in [0.15, 0.2) is 5.82 Å². The molecule has 32 heavy (non-hydrogen) atoms. The normalized spacial score (nSPS) is 22.4. The van der Waals surface area contributed by atoms with Gasteiger partial charge in [0.05, 0.1) is 22.7 Å². The number of carbonyl (C=O) groups is 1. The highest BCUT2D eigenvalue weighted by atomic mass is 19.4. The van der Waals surface area contributed by atoms with Crippen molar-refractivity contribution in [3.8, 4) is 11.5 Å². The van der Waals surface area contributed by atoms with E-state index in [2.05, 4.69) is 20.4 Å². The lowest BCUT2D eigenvalue weighted by Gasteiger charge is -2.34. The fourth-order valence-corrected chi connectivity index (χ4v) is 4.67. The second-order valence-corrected chi connectivity index (χ2v) is 8.24. The summed E-state index contributed by atoms with van der Waals surface area (Å²) in [6.07, 6.45) is -1.93. The van der Waals surface area contributed by atoms with Gasteiger partial charge in [-0.05, 0) is 49.9 Å². The zero-order chi connectivity index (χ0) is 22.5. The molecule has 2 aromatic heterocycles. The summed E-state index contributed by atoms with van der Waals surface area (Å²) in [5.74, 6) is 1.34. The van der Waals surface area contributed by atoms with Crippen LogP contribution in [-0.4, -0.2) is 44.6 Å². The third kappa shape index (κ3) is 3.69. The molecule has 1 aliphatic carbocycles. The standard InChI is InChI=1S/C22H20F3N5O2/c1-12-27-20(32-29-12)15-4-2-3-5-16(15)21(31)30-11-13-8-17(18(30)9-13)28-19-7-6-14(10-26-19)22(23,24)25/h2-7,10,13,17-18H,8-9,11H2,1H3,(H,26,28)/t13-,17+,18-/m0/s1. The Hall–Kier alpha value is -3.43. The Labute approximate surface area is 181 Å². The van der Waals surface area contributed by atoms with E-state index in [9.17, 15) is 18.0 Å². The summed E-state index contributed by atoms with van der Waals surface area (Å²) >= 11 is 0. The third-order valence-corrected chi connectivity index (χ3v) is 6.08. The first-order valence-electron chi connectivity index (χ1n) is 10.3. The van der Waals surface area contributed by atoms with Gasteiger partial charge in [-0.3, -0.25) is 4.79 Å². The molecule has 1 aromatic carbocycles. The first kappa shape index (κ1) is 20.5. The number of rotatable bonds is 4. The smallest absolute Gasteiger partial charge is 0.365 e. The maximum atomic E-state index is 13.5. The number of amides is 1. The molecule has 0 unspecified atom stereocenters. The molecule has 0 spiro atoms. The van der Waals surface area contributed by atoms with Crippen molar-refractivity contribution in [1.82, 2.24) is 20.0 Å². The number of fused-ring (bicyclic) bond motifs is 2. The summed E-state index contributed by atoms with van der Waals surface area (Å²) < 4.78 is 43.6. The number of anilines is 1. The molecule has 3 aromatic rings. The highest BCUT2D eigenvalue weighted by Crippen LogP contribution is 2.40. The molecular formula is C22H20F3N5O2. The Kier molecular flexibility index (Phi) is 4.87. The van der Waals surface area contributed by atoms with E-state index in [1.807, 2.05) is 11.0 Å². The number of nitrogens with zero attached hydrogens (tertiary/aromatic N) is 4. The minimum atomic E-state index is -4.43. The van der Waals surface area contributed by atoms with Gasteiger partial charge in [0.1, 0.15) is 5.82 Å². The van der Waals surface area contributed by atoms with Crippen molar-refractivity contribution in [3.05, 3.63) is 59.5 Å². The van der Waals surface area contributed by atoms with Gasteiger partial charge >= 0.3 is 6.18 Å². The summed E-state index contributed by atoms with van der Waals surface area (Å²) in [4.78, 5) is 23.4. The Morgan fingerprint density at radius 2 is 2.00 bits per heavy atom. The average Bonchev–Trinajstić information content (AvgIpc) is 3.49. The number of carbonyl (C=O) groups excluding carboxylic acids is 1. The quantitative estimate of drug-likeness (QED) is 0.652. The summed E-state index contributed by atoms with van der Waals surface area (Å²) in [7, 11) is 0. The maximum Gasteiger partial charge on any atom is 0.417 e. The van der Waals surface area contributed by atoms with Crippen molar-refractivity contribution < 1.29 is 22.5 Å². The van der Waals surface area contributed by atoms with E-state index in [0.717, 1.165) is 25.1 Å². The van der Waals surface area contributed by atoms with E-state index >= 15 is 0 Å². The van der Waals surface area contributed by atoms with Gasteiger partial charge in [-0.25, -0.2) is 4.98 Å². The van der Waals surface area contributed by atoms with Crippen LogP contribution in [0.4, 0.5) is 19.0 Å². The van der Waals surface area contributed by atoms with E-state index < -0.39 is 11.7 Å². The van der Waals surface area contributed by atoms with Gasteiger partial charge < -0.3 is 14.7 Å². The zero-order valence-electron chi connectivity index (χ0n) is 17.1. The topological polar surface area (TPSA) is 84.2 Å². The molecule has 10 heteroatoms. The van der Waals surface area contributed by atoms with Crippen molar-refractivity contribution >= 4 is 11.7 Å². The number of hydrogen-bond donors (Lipinski definition) is 1. The van der Waals surface area contributed by atoms with Crippen LogP contribution >= 0.6 is 0 Å². The van der Waals surface area contributed by atoms with Crippen molar-refractivity contribution in [2.24, 2.45) is 5.92 Å². The fraction of sp³-hybridized carbons (Fsp3) is 0.364. The number of aryl methyl sites for hydroxylation is 1. The fourth-order valence-electron chi connectivity index (χ4n) is 4.67. The van der Waals surface area contributed by atoms with Crippen LogP contribution in [0.25, 0.3) is 11.5 Å². The van der Waals surface area contributed by atoms with E-state index in [-0.39, 0.29) is 18.0 Å². The first-order valence-corrected chi connectivity index (χ1v) is 10.3. The maximum absolute atomic E-state index is 13.5. The van der Waals surface area contributed by atoms with Crippen molar-refractivity contribution in [1.29, 1.82) is 0 Å². The number of halogens is 3. The number of alkyl halides is 3. The monoisotopic (exact) mass is 443 g/mol. The number of likely N-dealkylation sites (tertiary alicyclic amines) is 1. The number of pyridine rings is 1. The number of nitrogens with one attached hydrogen (secondary N) is 1. The lowest BCUT2D eigenvalue weighted by molar-refractivity contribution is -0.137. The molecule has 3 heterocycles. The average molecular weight is 443 g/mol. The summed E-state index contributed by atoms with van der Waals surface area (Å²) in [6, 6.07) is 9.29. The lowest BCUT2D eigenvalue weighted by atomic mass is 10.0. The van der Waals surface area contributed by atoms with E-state index in [1.165, 1.54) is 6.07 Å². The van der Waals surface area contributed by atoms with Gasteiger partial charge in [0, 0.05) is 18.8 Å². The number of hydrogen-bond acceptors (Lipinski definition) is 6. The molecule has 5 rings (SSSR count). The summed E-state index contributed by atoms with van der Waals surface area (Å²) in [5, 5.41) is 7.03. The molecule has 1 aliphatic heterocycles. The zero-order valence-corrected chi connectivity index (χ0v) is 17.1. The molecule has 0 radical (unpaired) electrons. The van der Waals surface area contributed by atoms with Crippen molar-refractivity contribution in [2.75, 3.05) is 11.9 Å². The number of piperidine rings is 1. The van der Waals surface area contributed by atoms with Crippen LogP contribution in [0.3, 0.4) is 0 Å². The van der Waals surface area contributed by atoms with Crippen LogP contribution in [0.5, 0.6) is 0 Å². The molecular weight excluding hydrogens is 423 g/mol. The molecule has 1 N–H and O–H groups in total. The van der Waals surface area contributed by atoms with Gasteiger partial charge in [0.25, 0.3) is 11.8 Å². The second kappa shape index (κ2) is 7.61. The van der Waals surface area contributed by atoms with Gasteiger partial charge in [0.2, 0.25) is 0 Å². The Morgan fingerprint density at radius 3 is 2.66 bits per heavy atom. The van der Waals surface area contributed by atoms with Gasteiger partial charge in [-0.15, -0.1) is 0 Å². The molecule has 1 saturated carbocycles. The van der Waals surface area contributed by atoms with Crippen molar-refractivity contribution in [2.45, 2.75) is 38.0 Å². The molecule has 1 saturated heterocycles. The molecule has 2 fully saturated rings. The molecule has 3 atom stereocenters. The minimum absolute atomic E-state index is 0.0749. The highest BCUT2D eigenvalue weighted by molar-refractivity contribution is 6.00. The molecule has 2 bridgehead atoms. The SMILES string of the molecule is Cc1noc(-c2ccccc2C(=O)N2C[C@H]3C[C@@H](Nc4ccc(C(F)(F)F)cn4)[C@@H]2C3)n1. The van der Waals surface area contributed by atoms with Crippen LogP contribution in [0.1, 0.15) is 34.6 Å². The second-order valence-electron chi connectivity index (χ2n) is 8.24. The predicted molar refractivity (Wildman–Crippen MR) is 109 cm³/mol. The van der Waals surface area contributed by atoms with Crippen molar-refractivity contribution in [3.63, 3.8) is 0 Å². The van der Waals surface area contributed by atoms with Crippen LogP contribution < -0.4 is 5.32 Å². The van der Waals surface area contributed by atoms with Crippen LogP contribution in [0.15, 0.2) is 47.1 Å². The van der Waals surface area contributed by atoms with E-state index in [1.54, 1.807) is 25.1 Å². The Bertz CT molecular complexity index is 1140. The van der Waals surface area contributed by atoms with Crippen LogP contribution in [0.2, 0.25) is 0 Å². The minimum Gasteiger partial charge on any atom is -0.365 e. The Morgan fingerprint density at radius 1 is 1.19 bits per heavy atom. The number of benzene rings is 1. The van der Waals surface area contributed by atoms with Gasteiger partial charge in [-0.1, -0.05) is 17.3 Å². The lowest BCUT2D eigenvalue weighted by Crippen LogP contribution is -2.47. The summed E-state index contributed by atoms with van der Waals surface area (Å²) in [6.45, 7) is 2.35. The molecule has 1 amide bonds. The largest absolute Gasteiger partial charge is 0.417 e. The number of aromatic nitrogens is 3. The molecule has 7 nitrogen and oxygen atoms in total. The first-order chi connectivity index (χ1) is 15.3. The van der Waals surface area contributed by atoms with Crippen LogP contribution in [0, 0.1) is 12.8 Å². The van der Waals surface area contributed by atoms with Gasteiger partial charge in [-0.2, -0.15) is 18.2 Å². The van der Waals surface area contributed by atoms with Crippen LogP contribution in [-0.2, 0) is 6.18 Å². The third-order valence-electron chi connectivity index (χ3n) is 6.08. The highest BCUT2D eigenvalue weighted by Gasteiger charge is 2.47. The molecule has 166 valence electrons. The summed E-state index contributed by atoms with van der Waals surface area (Å²) in [5.41, 5.74) is 0.269. The van der Waals surface area contributed by atoms with E-state index in [4.69, 9.17) is 4.52 Å². The Balaban J connectivity index is 1.35. The van der Waals surface area contributed by atoms with E-state index in [0.29, 0.717) is 41.1 Å². The predicted octanol–water partition coefficient (Wildman–Crippen LogP) is 4.17.